The Balaban J connectivity index is 1.87. The van der Waals surface area contributed by atoms with Gasteiger partial charge < -0.3 is 9.13 Å². The first-order chi connectivity index (χ1) is 11.1. The van der Waals surface area contributed by atoms with E-state index in [-0.39, 0.29) is 0 Å². The number of hydrogen-bond donors (Lipinski definition) is 0. The minimum absolute atomic E-state index is 0.345. The van der Waals surface area contributed by atoms with Gasteiger partial charge in [-0.25, -0.2) is 0 Å². The van der Waals surface area contributed by atoms with E-state index in [0.717, 1.165) is 11.1 Å². The van der Waals surface area contributed by atoms with Crippen molar-refractivity contribution in [2.24, 2.45) is 0 Å². The highest BCUT2D eigenvalue weighted by atomic mass is 35.5. The topological polar surface area (TPSA) is 44.0 Å². The molecule has 3 aromatic rings. The molecule has 0 amide bonds. The second kappa shape index (κ2) is 6.67. The molecule has 0 spiro atoms. The Morgan fingerprint density at radius 1 is 0.696 bits per heavy atom. The highest BCUT2D eigenvalue weighted by Crippen LogP contribution is 2.10. The van der Waals surface area contributed by atoms with Crippen molar-refractivity contribution in [2.75, 3.05) is 0 Å². The maximum Gasteiger partial charge on any atom is 0.316 e. The van der Waals surface area contributed by atoms with Crippen LogP contribution in [0.15, 0.2) is 76.6 Å². The maximum atomic E-state index is 12.3. The molecule has 0 aliphatic carbocycles. The zero-order valence-electron chi connectivity index (χ0n) is 12.4. The monoisotopic (exact) mass is 326 g/mol. The predicted molar refractivity (Wildman–Crippen MR) is 91.1 cm³/mol. The fourth-order valence-corrected chi connectivity index (χ4v) is 2.48. The number of benzene rings is 2. The molecular weight excluding hydrogens is 312 g/mol. The normalized spacial score (nSPS) is 10.7. The first kappa shape index (κ1) is 15.3. The molecule has 1 aromatic heterocycles. The maximum absolute atomic E-state index is 12.3. The van der Waals surface area contributed by atoms with Crippen molar-refractivity contribution in [3.05, 3.63) is 104 Å². The molecule has 0 N–H and O–H groups in total. The molecule has 0 radical (unpaired) electrons. The van der Waals surface area contributed by atoms with Gasteiger partial charge in [-0.3, -0.25) is 9.59 Å². The van der Waals surface area contributed by atoms with Crippen molar-refractivity contribution in [2.45, 2.75) is 13.1 Å². The summed E-state index contributed by atoms with van der Waals surface area (Å²) >= 11 is 5.85. The first-order valence-corrected chi connectivity index (χ1v) is 7.59. The average molecular weight is 327 g/mol. The van der Waals surface area contributed by atoms with Crippen LogP contribution in [-0.2, 0) is 13.1 Å². The Kier molecular flexibility index (Phi) is 4.44. The average Bonchev–Trinajstić information content (AvgIpc) is 2.57. The van der Waals surface area contributed by atoms with Crippen molar-refractivity contribution in [3.63, 3.8) is 0 Å². The summed E-state index contributed by atoms with van der Waals surface area (Å²) in [6, 6.07) is 16.8. The summed E-state index contributed by atoms with van der Waals surface area (Å²) in [5.41, 5.74) is 0.838. The molecule has 2 aromatic carbocycles. The standard InChI is InChI=1S/C18H15ClN2O2/c19-16-8-6-15(7-9-16)13-21-11-10-20(17(22)18(21)23)12-14-4-2-1-3-5-14/h1-11H,12-13H2. The molecule has 0 unspecified atom stereocenters. The van der Waals surface area contributed by atoms with E-state index in [0.29, 0.717) is 18.1 Å². The Morgan fingerprint density at radius 2 is 1.17 bits per heavy atom. The van der Waals surface area contributed by atoms with E-state index in [1.807, 2.05) is 42.5 Å². The molecule has 3 rings (SSSR count). The van der Waals surface area contributed by atoms with Crippen molar-refractivity contribution in [3.8, 4) is 0 Å². The largest absolute Gasteiger partial charge is 0.316 e. The zero-order chi connectivity index (χ0) is 16.2. The lowest BCUT2D eigenvalue weighted by molar-refractivity contribution is 0.666. The third-order valence-corrected chi connectivity index (χ3v) is 3.85. The summed E-state index contributed by atoms with van der Waals surface area (Å²) in [5, 5.41) is 0.638. The second-order valence-corrected chi connectivity index (χ2v) is 5.71. The minimum Gasteiger partial charge on any atom is -0.305 e. The van der Waals surface area contributed by atoms with Gasteiger partial charge in [0.15, 0.2) is 0 Å². The summed E-state index contributed by atoms with van der Waals surface area (Å²) < 4.78 is 2.84. The number of rotatable bonds is 4. The smallest absolute Gasteiger partial charge is 0.305 e. The lowest BCUT2D eigenvalue weighted by Gasteiger charge is -2.09. The van der Waals surface area contributed by atoms with Gasteiger partial charge in [0, 0.05) is 17.4 Å². The van der Waals surface area contributed by atoms with Gasteiger partial charge in [-0.05, 0) is 23.3 Å². The molecule has 4 nitrogen and oxygen atoms in total. The number of halogens is 1. The molecule has 0 aliphatic rings. The fourth-order valence-electron chi connectivity index (χ4n) is 2.36. The van der Waals surface area contributed by atoms with E-state index in [1.165, 1.54) is 9.13 Å². The number of hydrogen-bond acceptors (Lipinski definition) is 2. The molecule has 116 valence electrons. The molecule has 0 atom stereocenters. The summed E-state index contributed by atoms with van der Waals surface area (Å²) in [6.45, 7) is 0.730. The molecule has 0 saturated carbocycles. The third kappa shape index (κ3) is 3.60. The van der Waals surface area contributed by atoms with E-state index < -0.39 is 11.1 Å². The summed E-state index contributed by atoms with van der Waals surface area (Å²) in [7, 11) is 0. The van der Waals surface area contributed by atoms with Crippen LogP contribution in [0.4, 0.5) is 0 Å². The first-order valence-electron chi connectivity index (χ1n) is 7.22. The molecule has 0 fully saturated rings. The van der Waals surface area contributed by atoms with Gasteiger partial charge in [-0.15, -0.1) is 0 Å². The van der Waals surface area contributed by atoms with Gasteiger partial charge in [-0.1, -0.05) is 54.1 Å². The minimum atomic E-state index is -0.529. The molecule has 0 saturated heterocycles. The molecule has 0 aliphatic heterocycles. The lowest BCUT2D eigenvalue weighted by atomic mass is 10.2. The Labute approximate surface area is 138 Å². The third-order valence-electron chi connectivity index (χ3n) is 3.59. The van der Waals surface area contributed by atoms with E-state index in [9.17, 15) is 9.59 Å². The van der Waals surface area contributed by atoms with Crippen LogP contribution in [0.3, 0.4) is 0 Å². The van der Waals surface area contributed by atoms with Crippen LogP contribution in [0.25, 0.3) is 0 Å². The molecule has 5 heteroatoms. The SMILES string of the molecule is O=c1c(=O)n(Cc2ccc(Cl)cc2)ccn1Cc1ccccc1. The van der Waals surface area contributed by atoms with Crippen LogP contribution in [0.2, 0.25) is 5.02 Å². The van der Waals surface area contributed by atoms with Crippen LogP contribution < -0.4 is 11.1 Å². The lowest BCUT2D eigenvalue weighted by Crippen LogP contribution is -2.40. The van der Waals surface area contributed by atoms with Crippen LogP contribution in [0.5, 0.6) is 0 Å². The van der Waals surface area contributed by atoms with E-state index >= 15 is 0 Å². The van der Waals surface area contributed by atoms with Crippen LogP contribution in [-0.4, -0.2) is 9.13 Å². The second-order valence-electron chi connectivity index (χ2n) is 5.28. The molecule has 1 heterocycles. The van der Waals surface area contributed by atoms with Gasteiger partial charge in [0.2, 0.25) is 0 Å². The van der Waals surface area contributed by atoms with Gasteiger partial charge in [0.1, 0.15) is 0 Å². The van der Waals surface area contributed by atoms with Crippen molar-refractivity contribution in [1.29, 1.82) is 0 Å². The highest BCUT2D eigenvalue weighted by molar-refractivity contribution is 6.30. The van der Waals surface area contributed by atoms with E-state index in [1.54, 1.807) is 24.5 Å². The highest BCUT2D eigenvalue weighted by Gasteiger charge is 2.06. The number of aromatic nitrogens is 2. The zero-order valence-corrected chi connectivity index (χ0v) is 13.1. The van der Waals surface area contributed by atoms with Crippen molar-refractivity contribution >= 4 is 11.6 Å². The Hall–Kier alpha value is -2.59. The van der Waals surface area contributed by atoms with Crippen LogP contribution in [0.1, 0.15) is 11.1 Å². The van der Waals surface area contributed by atoms with Crippen molar-refractivity contribution in [1.82, 2.24) is 9.13 Å². The predicted octanol–water partition coefficient (Wildman–Crippen LogP) is 2.76. The summed E-state index contributed by atoms with van der Waals surface area (Å²) in [4.78, 5) is 24.5. The van der Waals surface area contributed by atoms with Gasteiger partial charge in [-0.2, -0.15) is 0 Å². The summed E-state index contributed by atoms with van der Waals surface area (Å²) in [5.74, 6) is 0. The van der Waals surface area contributed by atoms with Gasteiger partial charge in [0.05, 0.1) is 13.1 Å². The fraction of sp³-hybridized carbons (Fsp3) is 0.111. The Morgan fingerprint density at radius 3 is 1.70 bits per heavy atom. The molecular formula is C18H15ClN2O2. The van der Waals surface area contributed by atoms with E-state index in [4.69, 9.17) is 11.6 Å². The molecule has 0 bridgehead atoms. The van der Waals surface area contributed by atoms with Gasteiger partial charge in [0.25, 0.3) is 0 Å². The van der Waals surface area contributed by atoms with Crippen LogP contribution in [0, 0.1) is 0 Å². The summed E-state index contributed by atoms with van der Waals surface area (Å²) in [6.07, 6.45) is 3.29. The quantitative estimate of drug-likeness (QED) is 0.692. The van der Waals surface area contributed by atoms with Crippen LogP contribution >= 0.6 is 11.6 Å². The van der Waals surface area contributed by atoms with E-state index in [2.05, 4.69) is 0 Å². The van der Waals surface area contributed by atoms with Gasteiger partial charge >= 0.3 is 11.1 Å². The Bertz CT molecular complexity index is 912. The van der Waals surface area contributed by atoms with Crippen molar-refractivity contribution < 1.29 is 0 Å². The molecule has 23 heavy (non-hydrogen) atoms. The number of nitrogens with zero attached hydrogens (tertiary/aromatic N) is 2.